The van der Waals surface area contributed by atoms with Crippen molar-refractivity contribution in [1.29, 1.82) is 0 Å². The van der Waals surface area contributed by atoms with Crippen LogP contribution in [-0.2, 0) is 16.2 Å². The molecule has 0 aliphatic rings. The molecule has 0 heterocycles. The van der Waals surface area contributed by atoms with E-state index in [-0.39, 0.29) is 16.4 Å². The highest BCUT2D eigenvalue weighted by Gasteiger charge is 2.12. The number of hydrogen-bond acceptors (Lipinski definition) is 3. The zero-order chi connectivity index (χ0) is 19.7. The van der Waals surface area contributed by atoms with Crippen LogP contribution in [0.15, 0.2) is 47.4 Å². The van der Waals surface area contributed by atoms with Crippen molar-refractivity contribution in [3.8, 4) is 0 Å². The van der Waals surface area contributed by atoms with Gasteiger partial charge in [0.2, 0.25) is 0 Å². The predicted molar refractivity (Wildman–Crippen MR) is 97.5 cm³/mol. The van der Waals surface area contributed by atoms with Gasteiger partial charge in [0.1, 0.15) is 0 Å². The van der Waals surface area contributed by atoms with Crippen LogP contribution in [0.1, 0.15) is 32.5 Å². The van der Waals surface area contributed by atoms with Crippen molar-refractivity contribution in [2.24, 2.45) is 5.92 Å². The van der Waals surface area contributed by atoms with Gasteiger partial charge in [-0.25, -0.2) is 8.42 Å². The number of halogens is 1. The summed E-state index contributed by atoms with van der Waals surface area (Å²) >= 11 is 6.00. The lowest BCUT2D eigenvalue weighted by atomic mass is 10.0. The zero-order valence-corrected chi connectivity index (χ0v) is 15.2. The number of anilines is 1. The minimum absolute atomic E-state index is 0.123. The van der Waals surface area contributed by atoms with E-state index in [0.29, 0.717) is 16.3 Å². The van der Waals surface area contributed by atoms with Crippen LogP contribution in [0, 0.1) is 5.92 Å². The molecule has 0 saturated heterocycles. The molecule has 0 unspecified atom stereocenters. The molecule has 4 nitrogen and oxygen atoms in total. The summed E-state index contributed by atoms with van der Waals surface area (Å²) in [6.45, 7) is 3.49. The smallest absolute Gasteiger partial charge is 0.255 e. The number of nitrogens with one attached hydrogen (secondary N) is 1. The van der Waals surface area contributed by atoms with Crippen LogP contribution >= 0.6 is 11.6 Å². The summed E-state index contributed by atoms with van der Waals surface area (Å²) in [6.07, 6.45) is -0.594. The maximum absolute atomic E-state index is 12.5. The Morgan fingerprint density at radius 2 is 1.83 bits per heavy atom. The standard InChI is InChI=1S/C18H20ClNO3S/c1-12(2)10-14-11-15(19)6-9-17(14)20-18(21)13-4-7-16(8-5-13)24(3,22)23/h4-9,11-12H,10H2,1-3H3,(H,20,21)/i10D2. The topological polar surface area (TPSA) is 63.2 Å². The Balaban J connectivity index is 2.35. The molecule has 0 aliphatic heterocycles. The third-order valence-electron chi connectivity index (χ3n) is 3.22. The summed E-state index contributed by atoms with van der Waals surface area (Å²) < 4.78 is 39.6. The van der Waals surface area contributed by atoms with Crippen molar-refractivity contribution >= 4 is 33.0 Å². The molecular weight excluding hydrogens is 346 g/mol. The molecule has 2 aromatic rings. The van der Waals surface area contributed by atoms with Crippen molar-refractivity contribution in [3.63, 3.8) is 0 Å². The molecule has 0 aliphatic carbocycles. The summed E-state index contributed by atoms with van der Waals surface area (Å²) in [4.78, 5) is 12.6. The van der Waals surface area contributed by atoms with Crippen LogP contribution in [0.2, 0.25) is 5.02 Å². The predicted octanol–water partition coefficient (Wildman–Crippen LogP) is 4.19. The summed E-state index contributed by atoms with van der Waals surface area (Å²) in [5.74, 6) is -0.793. The first kappa shape index (κ1) is 15.7. The van der Waals surface area contributed by atoms with E-state index in [1.165, 1.54) is 30.3 Å². The van der Waals surface area contributed by atoms with Gasteiger partial charge in [0.25, 0.3) is 5.91 Å². The maximum atomic E-state index is 12.5. The summed E-state index contributed by atoms with van der Waals surface area (Å²) in [5, 5.41) is 3.06. The molecule has 1 amide bonds. The van der Waals surface area contributed by atoms with Crippen LogP contribution in [0.25, 0.3) is 0 Å². The Bertz CT molecular complexity index is 926. The lowest BCUT2D eigenvalue weighted by Crippen LogP contribution is -2.14. The van der Waals surface area contributed by atoms with Gasteiger partial charge in [-0.1, -0.05) is 25.4 Å². The Morgan fingerprint density at radius 3 is 2.38 bits per heavy atom. The van der Waals surface area contributed by atoms with E-state index >= 15 is 0 Å². The van der Waals surface area contributed by atoms with Crippen molar-refractivity contribution in [2.45, 2.75) is 25.1 Å². The van der Waals surface area contributed by atoms with Crippen molar-refractivity contribution < 1.29 is 16.0 Å². The number of sulfone groups is 1. The van der Waals surface area contributed by atoms with Crippen LogP contribution in [0.3, 0.4) is 0 Å². The molecule has 0 saturated carbocycles. The molecule has 6 heteroatoms. The van der Waals surface area contributed by atoms with E-state index in [1.807, 2.05) is 0 Å². The fraction of sp³-hybridized carbons (Fsp3) is 0.278. The Morgan fingerprint density at radius 1 is 1.21 bits per heavy atom. The molecule has 0 aromatic heterocycles. The second kappa shape index (κ2) is 7.36. The molecule has 0 atom stereocenters. The van der Waals surface area contributed by atoms with Gasteiger partial charge in [0.05, 0.1) is 4.90 Å². The van der Waals surface area contributed by atoms with E-state index in [9.17, 15) is 13.2 Å². The number of carbonyl (C=O) groups excluding carboxylic acids is 1. The van der Waals surface area contributed by atoms with Crippen LogP contribution < -0.4 is 5.32 Å². The van der Waals surface area contributed by atoms with Gasteiger partial charge in [-0.05, 0) is 60.3 Å². The minimum atomic E-state index is -3.34. The maximum Gasteiger partial charge on any atom is 0.255 e. The monoisotopic (exact) mass is 367 g/mol. The SMILES string of the molecule is [2H]C([2H])(c1cc(Cl)ccc1NC(=O)c1ccc(S(C)(=O)=O)cc1)C(C)C. The summed E-state index contributed by atoms with van der Waals surface area (Å²) in [5.41, 5.74) is 0.884. The number of hydrogen-bond donors (Lipinski definition) is 1. The normalized spacial score (nSPS) is 13.4. The highest BCUT2D eigenvalue weighted by atomic mass is 35.5. The van der Waals surface area contributed by atoms with Gasteiger partial charge < -0.3 is 5.32 Å². The summed E-state index contributed by atoms with van der Waals surface area (Å²) in [7, 11) is -3.34. The highest BCUT2D eigenvalue weighted by molar-refractivity contribution is 7.90. The largest absolute Gasteiger partial charge is 0.322 e. The number of benzene rings is 2. The molecule has 0 fully saturated rings. The second-order valence-corrected chi connectivity index (χ2v) is 8.19. The molecule has 1 N–H and O–H groups in total. The average Bonchev–Trinajstić information content (AvgIpc) is 2.55. The van der Waals surface area contributed by atoms with E-state index in [1.54, 1.807) is 26.0 Å². The average molecular weight is 368 g/mol. The third kappa shape index (κ3) is 4.82. The second-order valence-electron chi connectivity index (χ2n) is 5.74. The molecule has 0 spiro atoms. The third-order valence-corrected chi connectivity index (χ3v) is 4.58. The molecule has 2 aromatic carbocycles. The van der Waals surface area contributed by atoms with Gasteiger partial charge in [-0.15, -0.1) is 0 Å². The van der Waals surface area contributed by atoms with Gasteiger partial charge in [0, 0.05) is 25.3 Å². The molecule has 0 radical (unpaired) electrons. The van der Waals surface area contributed by atoms with E-state index < -0.39 is 22.1 Å². The lowest BCUT2D eigenvalue weighted by Gasteiger charge is -2.13. The number of rotatable bonds is 5. The number of amides is 1. The van der Waals surface area contributed by atoms with Gasteiger partial charge in [-0.3, -0.25) is 4.79 Å². The van der Waals surface area contributed by atoms with E-state index in [0.717, 1.165) is 6.26 Å². The molecule has 24 heavy (non-hydrogen) atoms. The van der Waals surface area contributed by atoms with Crippen LogP contribution in [0.4, 0.5) is 5.69 Å². The van der Waals surface area contributed by atoms with Crippen molar-refractivity contribution in [2.75, 3.05) is 11.6 Å². The minimum Gasteiger partial charge on any atom is -0.322 e. The summed E-state index contributed by atoms with van der Waals surface area (Å²) in [6, 6.07) is 10.2. The Hall–Kier alpha value is -1.85. The number of carbonyl (C=O) groups is 1. The van der Waals surface area contributed by atoms with Gasteiger partial charge in [-0.2, -0.15) is 0 Å². The van der Waals surface area contributed by atoms with Crippen LogP contribution in [0.5, 0.6) is 0 Å². The van der Waals surface area contributed by atoms with Gasteiger partial charge in [0.15, 0.2) is 9.84 Å². The van der Waals surface area contributed by atoms with Crippen LogP contribution in [-0.4, -0.2) is 20.6 Å². The fourth-order valence-corrected chi connectivity index (χ4v) is 2.91. The molecule has 2 rings (SSSR count). The fourth-order valence-electron chi connectivity index (χ4n) is 2.10. The first-order valence-corrected chi connectivity index (χ1v) is 9.61. The molecular formula is C18H20ClNO3S. The highest BCUT2D eigenvalue weighted by Crippen LogP contribution is 2.24. The first-order valence-electron chi connectivity index (χ1n) is 8.34. The quantitative estimate of drug-likeness (QED) is 0.861. The van der Waals surface area contributed by atoms with E-state index in [4.69, 9.17) is 14.3 Å². The first-order chi connectivity index (χ1) is 11.9. The Labute approximate surface area is 150 Å². The Kier molecular flexibility index (Phi) is 4.81. The molecule has 128 valence electrons. The van der Waals surface area contributed by atoms with Crippen molar-refractivity contribution in [1.82, 2.24) is 0 Å². The lowest BCUT2D eigenvalue weighted by molar-refractivity contribution is 0.102. The molecule has 0 bridgehead atoms. The van der Waals surface area contributed by atoms with Crippen molar-refractivity contribution in [3.05, 3.63) is 58.6 Å². The zero-order valence-electron chi connectivity index (χ0n) is 15.6. The van der Waals surface area contributed by atoms with E-state index in [2.05, 4.69) is 5.32 Å². The van der Waals surface area contributed by atoms with Gasteiger partial charge >= 0.3 is 0 Å².